The number of carbonyl (C=O) groups is 2. The second-order valence-electron chi connectivity index (χ2n) is 2.35. The van der Waals surface area contributed by atoms with Gasteiger partial charge in [0.25, 0.3) is 0 Å². The first kappa shape index (κ1) is 15.8. The fraction of sp³-hybridized carbons (Fsp3) is 0.167. The summed E-state index contributed by atoms with van der Waals surface area (Å²) in [6.07, 6.45) is 0. The molecule has 0 amide bonds. The van der Waals surface area contributed by atoms with Gasteiger partial charge in [-0.15, -0.1) is 0 Å². The van der Waals surface area contributed by atoms with Crippen LogP contribution < -0.4 is 40.4 Å². The molecule has 0 bridgehead atoms. The summed E-state index contributed by atoms with van der Waals surface area (Å²) in [5.41, 5.74) is 4.52. The number of carbonyl (C=O) groups excluding carboxylic acids is 1. The van der Waals surface area contributed by atoms with E-state index in [2.05, 4.69) is 19.4 Å². The zero-order chi connectivity index (χ0) is 12.1. The van der Waals surface area contributed by atoms with Crippen LogP contribution in [-0.2, 0) is 14.4 Å². The van der Waals surface area contributed by atoms with E-state index in [0.29, 0.717) is 0 Å². The van der Waals surface area contributed by atoms with Crippen molar-refractivity contribution in [1.29, 1.82) is 0 Å². The van der Waals surface area contributed by atoms with Gasteiger partial charge in [-0.2, -0.15) is 9.36 Å². The average molecular weight is 268 g/mol. The maximum Gasteiger partial charge on any atom is 1.00 e. The molecule has 0 fully saturated rings. The third-order valence-corrected chi connectivity index (χ3v) is 1.73. The molecule has 1 aromatic rings. The molecule has 11 heteroatoms. The quantitative estimate of drug-likeness (QED) is 0.305. The summed E-state index contributed by atoms with van der Waals surface area (Å²) < 4.78 is 3.56. The second-order valence-corrected chi connectivity index (χ2v) is 3.13. The van der Waals surface area contributed by atoms with Crippen molar-refractivity contribution in [2.24, 2.45) is 5.16 Å². The third-order valence-electron chi connectivity index (χ3n) is 1.19. The van der Waals surface area contributed by atoms with Crippen molar-refractivity contribution in [3.63, 3.8) is 0 Å². The molecule has 0 aromatic carbocycles. The van der Waals surface area contributed by atoms with E-state index in [4.69, 9.17) is 10.8 Å². The van der Waals surface area contributed by atoms with Gasteiger partial charge in [0.1, 0.15) is 0 Å². The molecule has 86 valence electrons. The Morgan fingerprint density at radius 1 is 1.59 bits per heavy atom. The molecule has 1 aromatic heterocycles. The average Bonchev–Trinajstić information content (AvgIpc) is 2.58. The van der Waals surface area contributed by atoms with Crippen molar-refractivity contribution in [3.05, 3.63) is 5.82 Å². The molecule has 17 heavy (non-hydrogen) atoms. The number of anilines is 1. The summed E-state index contributed by atoms with van der Waals surface area (Å²) in [7, 11) is 0. The van der Waals surface area contributed by atoms with Gasteiger partial charge in [-0.05, 0) is 0 Å². The van der Waals surface area contributed by atoms with Crippen molar-refractivity contribution < 1.29 is 54.2 Å². The summed E-state index contributed by atoms with van der Waals surface area (Å²) in [5.74, 6) is -3.27. The largest absolute Gasteiger partial charge is 1.00 e. The van der Waals surface area contributed by atoms with Crippen molar-refractivity contribution in [3.8, 4) is 0 Å². The Balaban J connectivity index is 0.00000256. The Kier molecular flexibility index (Phi) is 6.65. The molecular formula is C6H5N4NaO5S. The fourth-order valence-corrected chi connectivity index (χ4v) is 1.09. The molecule has 0 aliphatic heterocycles. The summed E-state index contributed by atoms with van der Waals surface area (Å²) in [5, 5.41) is 21.9. The Morgan fingerprint density at radius 3 is 2.65 bits per heavy atom. The van der Waals surface area contributed by atoms with Crippen LogP contribution in [0.5, 0.6) is 0 Å². The van der Waals surface area contributed by atoms with E-state index in [1.807, 2.05) is 0 Å². The van der Waals surface area contributed by atoms with Gasteiger partial charge in [0.15, 0.2) is 16.7 Å². The van der Waals surface area contributed by atoms with E-state index >= 15 is 0 Å². The zero-order valence-corrected chi connectivity index (χ0v) is 11.4. The van der Waals surface area contributed by atoms with Gasteiger partial charge in [-0.25, -0.2) is 4.79 Å². The number of carboxylic acids is 2. The molecule has 0 saturated heterocycles. The van der Waals surface area contributed by atoms with Crippen LogP contribution in [0.1, 0.15) is 5.82 Å². The summed E-state index contributed by atoms with van der Waals surface area (Å²) in [6, 6.07) is 0. The molecule has 0 unspecified atom stereocenters. The third kappa shape index (κ3) is 5.08. The van der Waals surface area contributed by atoms with Gasteiger partial charge in [-0.1, -0.05) is 5.16 Å². The number of nitrogens with zero attached hydrogens (tertiary/aromatic N) is 3. The van der Waals surface area contributed by atoms with Gasteiger partial charge < -0.3 is 25.6 Å². The topological polar surface area (TPSA) is 151 Å². The first-order valence-electron chi connectivity index (χ1n) is 3.73. The molecule has 0 atom stereocenters. The van der Waals surface area contributed by atoms with E-state index in [-0.39, 0.29) is 40.5 Å². The number of aromatic nitrogens is 2. The normalized spacial score (nSPS) is 10.5. The van der Waals surface area contributed by atoms with Gasteiger partial charge >= 0.3 is 35.5 Å². The van der Waals surface area contributed by atoms with Crippen LogP contribution in [-0.4, -0.2) is 38.7 Å². The molecule has 0 aliphatic rings. The Labute approximate surface area is 121 Å². The van der Waals surface area contributed by atoms with Crippen LogP contribution in [0, 0.1) is 0 Å². The molecule has 3 N–H and O–H groups in total. The van der Waals surface area contributed by atoms with E-state index in [1.165, 1.54) is 0 Å². The number of nitrogen functional groups attached to an aromatic ring is 1. The minimum atomic E-state index is -1.69. The Morgan fingerprint density at radius 2 is 2.24 bits per heavy atom. The van der Waals surface area contributed by atoms with Gasteiger partial charge in [0, 0.05) is 11.5 Å². The number of hydrogen-bond donors (Lipinski definition) is 2. The molecule has 0 radical (unpaired) electrons. The molecule has 9 nitrogen and oxygen atoms in total. The Hall–Kier alpha value is -1.23. The first-order chi connectivity index (χ1) is 7.50. The summed E-state index contributed by atoms with van der Waals surface area (Å²) in [6.45, 7) is -0.781. The minimum absolute atomic E-state index is 0. The summed E-state index contributed by atoms with van der Waals surface area (Å²) in [4.78, 5) is 28.5. The van der Waals surface area contributed by atoms with Gasteiger partial charge in [-0.3, -0.25) is 0 Å². The fourth-order valence-electron chi connectivity index (χ4n) is 0.653. The Bertz CT molecular complexity index is 447. The van der Waals surface area contributed by atoms with Crippen LogP contribution >= 0.6 is 11.5 Å². The van der Waals surface area contributed by atoms with Gasteiger partial charge in [0.05, 0.1) is 5.97 Å². The van der Waals surface area contributed by atoms with E-state index < -0.39 is 24.3 Å². The number of aliphatic carboxylic acids is 2. The number of carboxylic acid groups (broad SMARTS) is 2. The number of oxime groups is 1. The molecule has 0 saturated carbocycles. The number of hydrogen-bond acceptors (Lipinski definition) is 9. The predicted octanol–water partition coefficient (Wildman–Crippen LogP) is -5.32. The van der Waals surface area contributed by atoms with E-state index in [0.717, 1.165) is 11.5 Å². The van der Waals surface area contributed by atoms with Crippen LogP contribution in [0.3, 0.4) is 0 Å². The standard InChI is InChI=1S/C6H6N4O5S.Na/c7-6-8-4(10-16-6)3(5(13)14)9-15-1-2(11)12;/h1H2,(H,11,12)(H,13,14)(H2,7,8,10);/q;+1/p-1. The maximum atomic E-state index is 10.6. The minimum Gasteiger partial charge on any atom is -0.543 e. The molecule has 0 spiro atoms. The van der Waals surface area contributed by atoms with Crippen LogP contribution in [0.25, 0.3) is 0 Å². The SMILES string of the molecule is Nc1nc(C(=NOCC(=O)O)C(=O)[O-])ns1.[Na+]. The van der Waals surface area contributed by atoms with Crippen molar-refractivity contribution in [1.82, 2.24) is 9.36 Å². The number of rotatable bonds is 5. The summed E-state index contributed by atoms with van der Waals surface area (Å²) >= 11 is 0.763. The molecule has 1 rings (SSSR count). The van der Waals surface area contributed by atoms with Crippen LogP contribution in [0.4, 0.5) is 5.13 Å². The van der Waals surface area contributed by atoms with Crippen molar-refractivity contribution >= 4 is 34.3 Å². The van der Waals surface area contributed by atoms with E-state index in [9.17, 15) is 14.7 Å². The molecule has 1 heterocycles. The molecular weight excluding hydrogens is 263 g/mol. The van der Waals surface area contributed by atoms with Gasteiger partial charge in [0.2, 0.25) is 6.61 Å². The second kappa shape index (κ2) is 7.17. The van der Waals surface area contributed by atoms with Crippen molar-refractivity contribution in [2.75, 3.05) is 12.3 Å². The van der Waals surface area contributed by atoms with Crippen LogP contribution in [0.2, 0.25) is 0 Å². The smallest absolute Gasteiger partial charge is 0.543 e. The number of nitrogens with two attached hydrogens (primary N) is 1. The predicted molar refractivity (Wildman–Crippen MR) is 49.5 cm³/mol. The monoisotopic (exact) mass is 268 g/mol. The molecule has 0 aliphatic carbocycles. The first-order valence-corrected chi connectivity index (χ1v) is 4.50. The van der Waals surface area contributed by atoms with Crippen LogP contribution in [0.15, 0.2) is 5.16 Å². The zero-order valence-electron chi connectivity index (χ0n) is 8.61. The maximum absolute atomic E-state index is 10.6. The van der Waals surface area contributed by atoms with Crippen molar-refractivity contribution in [2.45, 2.75) is 0 Å². The van der Waals surface area contributed by atoms with E-state index in [1.54, 1.807) is 0 Å².